The lowest BCUT2D eigenvalue weighted by molar-refractivity contribution is 0.495. The monoisotopic (exact) mass is 280 g/mol. The summed E-state index contributed by atoms with van der Waals surface area (Å²) >= 11 is 7.40. The van der Waals surface area contributed by atoms with Gasteiger partial charge in [0.25, 0.3) is 0 Å². The van der Waals surface area contributed by atoms with Crippen molar-refractivity contribution in [2.24, 2.45) is 5.92 Å². The van der Waals surface area contributed by atoms with Crippen molar-refractivity contribution in [3.63, 3.8) is 0 Å². The quantitative estimate of drug-likeness (QED) is 0.659. The molecular weight excluding hydrogens is 264 g/mol. The van der Waals surface area contributed by atoms with E-state index in [2.05, 4.69) is 25.3 Å². The number of halogens is 1. The molecule has 0 radical (unpaired) electrons. The number of ether oxygens (including phenoxy) is 1. The van der Waals surface area contributed by atoms with Crippen molar-refractivity contribution in [2.75, 3.05) is 0 Å². The van der Waals surface area contributed by atoms with E-state index < -0.39 is 0 Å². The minimum Gasteiger partial charge on any atom is -0.447 e. The van der Waals surface area contributed by atoms with Crippen LogP contribution in [0, 0.1) is 5.92 Å². The summed E-state index contributed by atoms with van der Waals surface area (Å²) in [7, 11) is 0. The van der Waals surface area contributed by atoms with Gasteiger partial charge in [0.1, 0.15) is 5.75 Å². The molecule has 1 nitrogen and oxygen atoms in total. The predicted octanol–water partition coefficient (Wildman–Crippen LogP) is 5.48. The predicted molar refractivity (Wildman–Crippen MR) is 78.9 cm³/mol. The molecule has 1 heterocycles. The van der Waals surface area contributed by atoms with Gasteiger partial charge in [0, 0.05) is 5.88 Å². The maximum Gasteiger partial charge on any atom is 0.181 e. The Hall–Kier alpha value is -0.990. The highest BCUT2D eigenvalue weighted by molar-refractivity contribution is 7.12. The van der Waals surface area contributed by atoms with E-state index in [0.717, 1.165) is 22.8 Å². The summed E-state index contributed by atoms with van der Waals surface area (Å²) in [4.78, 5) is 0. The van der Waals surface area contributed by atoms with Crippen molar-refractivity contribution in [1.29, 1.82) is 0 Å². The summed E-state index contributed by atoms with van der Waals surface area (Å²) in [5.41, 5.74) is 2.46. The third-order valence-corrected chi connectivity index (χ3v) is 3.73. The highest BCUT2D eigenvalue weighted by atomic mass is 35.5. The fourth-order valence-corrected chi connectivity index (χ4v) is 2.72. The molecule has 1 aromatic heterocycles. The van der Waals surface area contributed by atoms with E-state index in [-0.39, 0.29) is 0 Å². The Morgan fingerprint density at radius 1 is 1.17 bits per heavy atom. The van der Waals surface area contributed by atoms with Gasteiger partial charge in [-0.25, -0.2) is 0 Å². The normalized spacial score (nSPS) is 10.9. The van der Waals surface area contributed by atoms with Crippen LogP contribution in [-0.4, -0.2) is 0 Å². The third kappa shape index (κ3) is 3.76. The van der Waals surface area contributed by atoms with Crippen molar-refractivity contribution in [1.82, 2.24) is 0 Å². The van der Waals surface area contributed by atoms with Crippen molar-refractivity contribution in [2.45, 2.75) is 26.1 Å². The van der Waals surface area contributed by atoms with Crippen LogP contribution in [0.15, 0.2) is 35.7 Å². The Bertz CT molecular complexity index is 487. The molecule has 96 valence electrons. The minimum absolute atomic E-state index is 0.540. The van der Waals surface area contributed by atoms with E-state index >= 15 is 0 Å². The van der Waals surface area contributed by atoms with Crippen molar-refractivity contribution >= 4 is 22.9 Å². The number of hydrogen-bond acceptors (Lipinski definition) is 2. The topological polar surface area (TPSA) is 9.23 Å². The number of hydrogen-bond donors (Lipinski definition) is 0. The number of alkyl halides is 1. The molecule has 0 saturated carbocycles. The van der Waals surface area contributed by atoms with E-state index in [1.807, 2.05) is 24.3 Å². The first-order valence-corrected chi connectivity index (χ1v) is 7.49. The Morgan fingerprint density at radius 3 is 2.50 bits per heavy atom. The second-order valence-corrected chi connectivity index (χ2v) is 5.89. The summed E-state index contributed by atoms with van der Waals surface area (Å²) in [5, 5.41) is 3.12. The van der Waals surface area contributed by atoms with E-state index in [1.165, 1.54) is 5.56 Å². The van der Waals surface area contributed by atoms with Crippen LogP contribution in [0.3, 0.4) is 0 Å². The molecule has 1 aromatic carbocycles. The van der Waals surface area contributed by atoms with Gasteiger partial charge < -0.3 is 4.74 Å². The van der Waals surface area contributed by atoms with Crippen molar-refractivity contribution < 1.29 is 4.74 Å². The molecule has 0 spiro atoms. The largest absolute Gasteiger partial charge is 0.447 e. The molecule has 0 bridgehead atoms. The van der Waals surface area contributed by atoms with Gasteiger partial charge in [-0.1, -0.05) is 26.0 Å². The zero-order chi connectivity index (χ0) is 13.0. The minimum atomic E-state index is 0.540. The van der Waals surface area contributed by atoms with Gasteiger partial charge in [0.15, 0.2) is 5.06 Å². The van der Waals surface area contributed by atoms with Crippen LogP contribution in [0.1, 0.15) is 25.0 Å². The molecule has 0 saturated heterocycles. The van der Waals surface area contributed by atoms with E-state index in [4.69, 9.17) is 16.3 Å². The second-order valence-electron chi connectivity index (χ2n) is 4.75. The van der Waals surface area contributed by atoms with Crippen molar-refractivity contribution in [3.8, 4) is 10.8 Å². The first-order chi connectivity index (χ1) is 8.67. The molecule has 0 aliphatic heterocycles. The highest BCUT2D eigenvalue weighted by Gasteiger charge is 2.04. The first-order valence-electron chi connectivity index (χ1n) is 6.07. The average molecular weight is 281 g/mol. The Balaban J connectivity index is 2.01. The van der Waals surface area contributed by atoms with Gasteiger partial charge >= 0.3 is 0 Å². The SMILES string of the molecule is CC(C)Cc1csc(Oc2ccc(CCl)cc2)c1. The fourth-order valence-electron chi connectivity index (χ4n) is 1.75. The van der Waals surface area contributed by atoms with Gasteiger partial charge in [-0.3, -0.25) is 0 Å². The van der Waals surface area contributed by atoms with E-state index in [1.54, 1.807) is 11.3 Å². The Morgan fingerprint density at radius 2 is 1.89 bits per heavy atom. The molecule has 0 fully saturated rings. The smallest absolute Gasteiger partial charge is 0.181 e. The van der Waals surface area contributed by atoms with Crippen LogP contribution in [-0.2, 0) is 12.3 Å². The maximum atomic E-state index is 5.82. The summed E-state index contributed by atoms with van der Waals surface area (Å²) < 4.78 is 5.82. The number of benzene rings is 1. The molecule has 0 amide bonds. The zero-order valence-corrected chi connectivity index (χ0v) is 12.2. The van der Waals surface area contributed by atoms with Crippen LogP contribution in [0.2, 0.25) is 0 Å². The molecule has 18 heavy (non-hydrogen) atoms. The van der Waals surface area contributed by atoms with Crippen molar-refractivity contribution in [3.05, 3.63) is 46.8 Å². The maximum absolute atomic E-state index is 5.82. The Labute approximate surface area is 117 Å². The molecule has 3 heteroatoms. The number of rotatable bonds is 5. The second kappa shape index (κ2) is 6.26. The summed E-state index contributed by atoms with van der Waals surface area (Å²) in [5.74, 6) is 2.08. The van der Waals surface area contributed by atoms with E-state index in [0.29, 0.717) is 11.8 Å². The van der Waals surface area contributed by atoms with E-state index in [9.17, 15) is 0 Å². The lowest BCUT2D eigenvalue weighted by Crippen LogP contribution is -1.90. The van der Waals surface area contributed by atoms with Gasteiger partial charge in [-0.15, -0.1) is 22.9 Å². The van der Waals surface area contributed by atoms with Gasteiger partial charge in [-0.2, -0.15) is 0 Å². The molecule has 0 atom stereocenters. The van der Waals surface area contributed by atoms with Crippen LogP contribution in [0.4, 0.5) is 0 Å². The summed E-state index contributed by atoms with van der Waals surface area (Å²) in [6.07, 6.45) is 1.10. The highest BCUT2D eigenvalue weighted by Crippen LogP contribution is 2.29. The summed E-state index contributed by atoms with van der Waals surface area (Å²) in [6.45, 7) is 4.45. The van der Waals surface area contributed by atoms with Crippen LogP contribution in [0.25, 0.3) is 0 Å². The lowest BCUT2D eigenvalue weighted by atomic mass is 10.1. The molecule has 0 N–H and O–H groups in total. The molecule has 0 aliphatic rings. The standard InChI is InChI=1S/C15H17ClOS/c1-11(2)7-13-8-15(18-10-13)17-14-5-3-12(9-16)4-6-14/h3-6,8,10-11H,7,9H2,1-2H3. The lowest BCUT2D eigenvalue weighted by Gasteiger charge is -2.03. The first kappa shape index (κ1) is 13.4. The summed E-state index contributed by atoms with van der Waals surface area (Å²) in [6, 6.07) is 10.0. The van der Waals surface area contributed by atoms with Gasteiger partial charge in [0.05, 0.1) is 0 Å². The fraction of sp³-hybridized carbons (Fsp3) is 0.333. The van der Waals surface area contributed by atoms with Gasteiger partial charge in [0.2, 0.25) is 0 Å². The molecular formula is C15H17ClOS. The van der Waals surface area contributed by atoms with Crippen LogP contribution >= 0.6 is 22.9 Å². The van der Waals surface area contributed by atoms with Crippen LogP contribution in [0.5, 0.6) is 10.8 Å². The average Bonchev–Trinajstić information content (AvgIpc) is 2.76. The zero-order valence-electron chi connectivity index (χ0n) is 10.7. The number of thiophene rings is 1. The van der Waals surface area contributed by atoms with Crippen LogP contribution < -0.4 is 4.74 Å². The molecule has 0 unspecified atom stereocenters. The molecule has 2 rings (SSSR count). The third-order valence-electron chi connectivity index (χ3n) is 2.57. The van der Waals surface area contributed by atoms with Gasteiger partial charge in [-0.05, 0) is 47.0 Å². The molecule has 0 aliphatic carbocycles. The Kier molecular flexibility index (Phi) is 4.67. The molecule has 2 aromatic rings.